The standard InChI is InChI=1S/C30H33N7O5S/c1-18-26(43-20(3)32-18)30(40)36-13-12-31-29(39)22-10-11-23(41-4)24(16-22)42-15-14-37-28(19(2)33-25(38)17-36)34-27(35-37)21-8-6-5-7-9-21/h5-11,16,19H,12-15,17H2,1-4H3,(H,31,39)(H,33,38)/t19-/m1/s1. The van der Waals surface area contributed by atoms with Gasteiger partial charge in [0.25, 0.3) is 11.8 Å². The number of fused-ring (bicyclic) bond motifs is 3. The van der Waals surface area contributed by atoms with Crippen LogP contribution in [0.3, 0.4) is 0 Å². The third-order valence-corrected chi connectivity index (χ3v) is 7.93. The lowest BCUT2D eigenvalue weighted by Gasteiger charge is -2.23. The molecule has 12 nitrogen and oxygen atoms in total. The molecular formula is C30H33N7O5S. The molecule has 1 aliphatic rings. The number of hydrogen-bond donors (Lipinski definition) is 2. The fraction of sp³-hybridized carbons (Fsp3) is 0.333. The van der Waals surface area contributed by atoms with Gasteiger partial charge in [0.05, 0.1) is 36.9 Å². The zero-order valence-electron chi connectivity index (χ0n) is 24.4. The van der Waals surface area contributed by atoms with E-state index in [4.69, 9.17) is 19.6 Å². The van der Waals surface area contributed by atoms with Crippen molar-refractivity contribution in [1.29, 1.82) is 0 Å². The Morgan fingerprint density at radius 2 is 1.86 bits per heavy atom. The molecule has 0 fully saturated rings. The van der Waals surface area contributed by atoms with Crippen molar-refractivity contribution in [3.05, 3.63) is 75.5 Å². The first-order valence-corrected chi connectivity index (χ1v) is 14.7. The van der Waals surface area contributed by atoms with Crippen LogP contribution in [0.25, 0.3) is 11.4 Å². The normalized spacial score (nSPS) is 16.4. The van der Waals surface area contributed by atoms with Crippen LogP contribution in [0.5, 0.6) is 11.5 Å². The Balaban J connectivity index is 1.49. The summed E-state index contributed by atoms with van der Waals surface area (Å²) >= 11 is 1.27. The SMILES string of the molecule is COc1ccc2cc1OCCn1nc(-c3ccccc3)nc1[C@@H](C)NC(=O)CN(C(=O)c1sc(C)nc1C)CCNC2=O. The van der Waals surface area contributed by atoms with Gasteiger partial charge in [0.1, 0.15) is 17.3 Å². The summed E-state index contributed by atoms with van der Waals surface area (Å²) in [7, 11) is 1.53. The van der Waals surface area contributed by atoms with E-state index in [0.717, 1.165) is 10.6 Å². The van der Waals surface area contributed by atoms with Crippen molar-refractivity contribution in [2.75, 3.05) is 33.4 Å². The average molecular weight is 604 g/mol. The number of nitrogens with zero attached hydrogens (tertiary/aromatic N) is 5. The molecule has 1 atom stereocenters. The van der Waals surface area contributed by atoms with Crippen LogP contribution in [0.4, 0.5) is 0 Å². The van der Waals surface area contributed by atoms with Crippen LogP contribution in [0.1, 0.15) is 49.5 Å². The minimum atomic E-state index is -0.532. The Kier molecular flexibility index (Phi) is 9.00. The fourth-order valence-electron chi connectivity index (χ4n) is 4.78. The van der Waals surface area contributed by atoms with Crippen molar-refractivity contribution in [2.45, 2.75) is 33.4 Å². The van der Waals surface area contributed by atoms with Gasteiger partial charge in [-0.15, -0.1) is 11.3 Å². The summed E-state index contributed by atoms with van der Waals surface area (Å²) in [5.74, 6) is 0.869. The third kappa shape index (κ3) is 6.83. The lowest BCUT2D eigenvalue weighted by atomic mass is 10.2. The maximum absolute atomic E-state index is 13.5. The highest BCUT2D eigenvalue weighted by Crippen LogP contribution is 2.28. The molecule has 2 aromatic heterocycles. The number of aryl methyl sites for hydroxylation is 2. The van der Waals surface area contributed by atoms with Gasteiger partial charge < -0.3 is 25.0 Å². The molecular weight excluding hydrogens is 570 g/mol. The Morgan fingerprint density at radius 1 is 1.07 bits per heavy atom. The van der Waals surface area contributed by atoms with E-state index in [1.54, 1.807) is 29.8 Å². The summed E-state index contributed by atoms with van der Waals surface area (Å²) in [5, 5.41) is 11.3. The molecule has 0 spiro atoms. The number of aromatic nitrogens is 4. The average Bonchev–Trinajstić information content (AvgIpc) is 3.58. The quantitative estimate of drug-likeness (QED) is 0.364. The molecule has 0 saturated heterocycles. The van der Waals surface area contributed by atoms with Crippen LogP contribution in [0, 0.1) is 13.8 Å². The van der Waals surface area contributed by atoms with Crippen LogP contribution in [0.15, 0.2) is 48.5 Å². The summed E-state index contributed by atoms with van der Waals surface area (Å²) in [6, 6.07) is 13.9. The number of carbonyl (C=O) groups excluding carboxylic acids is 3. The smallest absolute Gasteiger partial charge is 0.266 e. The number of amides is 3. The van der Waals surface area contributed by atoms with E-state index in [9.17, 15) is 14.4 Å². The molecule has 2 bridgehead atoms. The summed E-state index contributed by atoms with van der Waals surface area (Å²) in [6.07, 6.45) is 0. The second-order valence-electron chi connectivity index (χ2n) is 10.0. The minimum Gasteiger partial charge on any atom is -0.493 e. The van der Waals surface area contributed by atoms with Crippen LogP contribution >= 0.6 is 11.3 Å². The second kappa shape index (κ2) is 13.0. The predicted octanol–water partition coefficient (Wildman–Crippen LogP) is 3.17. The number of thiazole rings is 1. The first-order chi connectivity index (χ1) is 20.7. The van der Waals surface area contributed by atoms with Crippen molar-refractivity contribution in [3.63, 3.8) is 0 Å². The van der Waals surface area contributed by atoms with Gasteiger partial charge >= 0.3 is 0 Å². The molecule has 13 heteroatoms. The van der Waals surface area contributed by atoms with E-state index in [-0.39, 0.29) is 44.0 Å². The van der Waals surface area contributed by atoms with Crippen LogP contribution in [0.2, 0.25) is 0 Å². The molecule has 0 aliphatic carbocycles. The number of rotatable bonds is 3. The topological polar surface area (TPSA) is 141 Å². The van der Waals surface area contributed by atoms with Gasteiger partial charge in [-0.2, -0.15) is 5.10 Å². The summed E-state index contributed by atoms with van der Waals surface area (Å²) in [6.45, 7) is 5.93. The van der Waals surface area contributed by atoms with Crippen LogP contribution < -0.4 is 20.1 Å². The predicted molar refractivity (Wildman–Crippen MR) is 160 cm³/mol. The minimum absolute atomic E-state index is 0.108. The zero-order chi connectivity index (χ0) is 30.5. The van der Waals surface area contributed by atoms with Gasteiger partial charge in [-0.3, -0.25) is 14.4 Å². The Labute approximate surface area is 253 Å². The maximum Gasteiger partial charge on any atom is 0.266 e. The van der Waals surface area contributed by atoms with Gasteiger partial charge in [0.15, 0.2) is 17.3 Å². The molecule has 2 N–H and O–H groups in total. The molecule has 0 radical (unpaired) electrons. The Hall–Kier alpha value is -4.78. The summed E-state index contributed by atoms with van der Waals surface area (Å²) in [5.41, 5.74) is 1.79. The lowest BCUT2D eigenvalue weighted by Crippen LogP contribution is -2.45. The Morgan fingerprint density at radius 3 is 2.58 bits per heavy atom. The number of methoxy groups -OCH3 is 1. The first-order valence-electron chi connectivity index (χ1n) is 13.9. The molecule has 1 aliphatic heterocycles. The summed E-state index contributed by atoms with van der Waals surface area (Å²) < 4.78 is 13.2. The van der Waals surface area contributed by atoms with Crippen LogP contribution in [-0.2, 0) is 11.3 Å². The van der Waals surface area contributed by atoms with E-state index < -0.39 is 6.04 Å². The molecule has 224 valence electrons. The highest BCUT2D eigenvalue weighted by atomic mass is 32.1. The van der Waals surface area contributed by atoms with E-state index in [1.165, 1.54) is 23.3 Å². The van der Waals surface area contributed by atoms with Gasteiger partial charge in [0.2, 0.25) is 5.91 Å². The number of benzene rings is 2. The van der Waals surface area contributed by atoms with E-state index in [2.05, 4.69) is 15.6 Å². The molecule has 3 amide bonds. The van der Waals surface area contributed by atoms with Crippen molar-refractivity contribution in [3.8, 4) is 22.9 Å². The monoisotopic (exact) mass is 603 g/mol. The van der Waals surface area contributed by atoms with Gasteiger partial charge in [-0.1, -0.05) is 30.3 Å². The molecule has 0 unspecified atom stereocenters. The fourth-order valence-corrected chi connectivity index (χ4v) is 5.67. The van der Waals surface area contributed by atoms with E-state index >= 15 is 0 Å². The molecule has 0 saturated carbocycles. The molecule has 43 heavy (non-hydrogen) atoms. The maximum atomic E-state index is 13.5. The largest absolute Gasteiger partial charge is 0.493 e. The molecule has 3 heterocycles. The molecule has 5 rings (SSSR count). The van der Waals surface area contributed by atoms with Crippen molar-refractivity contribution in [1.82, 2.24) is 35.3 Å². The second-order valence-corrected chi connectivity index (χ2v) is 11.2. The van der Waals surface area contributed by atoms with Gasteiger partial charge in [0, 0.05) is 24.2 Å². The molecule has 2 aromatic carbocycles. The number of nitrogens with one attached hydrogen (secondary N) is 2. The van der Waals surface area contributed by atoms with Crippen molar-refractivity contribution < 1.29 is 23.9 Å². The van der Waals surface area contributed by atoms with Crippen molar-refractivity contribution in [2.24, 2.45) is 0 Å². The van der Waals surface area contributed by atoms with Crippen molar-refractivity contribution >= 4 is 29.1 Å². The van der Waals surface area contributed by atoms with Gasteiger partial charge in [-0.25, -0.2) is 14.6 Å². The number of ether oxygens (including phenoxy) is 2. The van der Waals surface area contributed by atoms with E-state index in [1.807, 2.05) is 44.2 Å². The summed E-state index contributed by atoms with van der Waals surface area (Å²) in [4.78, 5) is 50.9. The zero-order valence-corrected chi connectivity index (χ0v) is 25.2. The molecule has 4 aromatic rings. The number of hydrogen-bond acceptors (Lipinski definition) is 9. The number of carbonyl (C=O) groups is 3. The van der Waals surface area contributed by atoms with E-state index in [0.29, 0.717) is 45.8 Å². The first kappa shape index (κ1) is 29.7. The Bertz CT molecular complexity index is 1640. The van der Waals surface area contributed by atoms with Gasteiger partial charge in [-0.05, 0) is 39.0 Å². The highest BCUT2D eigenvalue weighted by molar-refractivity contribution is 7.13. The lowest BCUT2D eigenvalue weighted by molar-refractivity contribution is -0.122. The third-order valence-electron chi connectivity index (χ3n) is 6.87. The van der Waals surface area contributed by atoms with Crippen LogP contribution in [-0.4, -0.2) is 75.7 Å². The highest BCUT2D eigenvalue weighted by Gasteiger charge is 2.26.